The highest BCUT2D eigenvalue weighted by molar-refractivity contribution is 6.30. The lowest BCUT2D eigenvalue weighted by Gasteiger charge is -2.33. The van der Waals surface area contributed by atoms with E-state index in [-0.39, 0.29) is 11.3 Å². The Morgan fingerprint density at radius 2 is 1.83 bits per heavy atom. The summed E-state index contributed by atoms with van der Waals surface area (Å²) in [7, 11) is 1.99. The molecule has 3 rings (SSSR count). The Bertz CT molecular complexity index is 844. The first-order valence-corrected chi connectivity index (χ1v) is 9.80. The Hall–Kier alpha value is -2.25. The second-order valence-electron chi connectivity index (χ2n) is 7.16. The summed E-state index contributed by atoms with van der Waals surface area (Å²) in [5.41, 5.74) is 0.509. The molecule has 1 saturated heterocycles. The number of piperazine rings is 1. The van der Waals surface area contributed by atoms with Gasteiger partial charge in [-0.25, -0.2) is 4.98 Å². The Kier molecular flexibility index (Phi) is 6.70. The van der Waals surface area contributed by atoms with Crippen LogP contribution in [0.2, 0.25) is 5.02 Å². The minimum absolute atomic E-state index is 0.0218. The lowest BCUT2D eigenvalue weighted by Crippen LogP contribution is -2.44. The molecule has 0 radical (unpaired) electrons. The maximum Gasteiger partial charge on any atom is 0.417 e. The average Bonchev–Trinajstić information content (AvgIpc) is 2.69. The summed E-state index contributed by atoms with van der Waals surface area (Å²) in [5.74, 6) is 0.350. The zero-order valence-electron chi connectivity index (χ0n) is 16.3. The molecule has 0 bridgehead atoms. The lowest BCUT2D eigenvalue weighted by atomic mass is 10.1. The van der Waals surface area contributed by atoms with E-state index in [0.717, 1.165) is 24.7 Å². The molecule has 29 heavy (non-hydrogen) atoms. The van der Waals surface area contributed by atoms with Gasteiger partial charge in [0.25, 0.3) is 0 Å². The lowest BCUT2D eigenvalue weighted by molar-refractivity contribution is -0.137. The molecule has 1 aliphatic heterocycles. The second kappa shape index (κ2) is 9.05. The van der Waals surface area contributed by atoms with Gasteiger partial charge < -0.3 is 15.1 Å². The number of likely N-dealkylation sites (N-methyl/N-ethyl adjacent to an activating group) is 1. The third kappa shape index (κ3) is 5.64. The zero-order chi connectivity index (χ0) is 21.0. The molecule has 8 heteroatoms. The minimum Gasteiger partial charge on any atom is -0.385 e. The van der Waals surface area contributed by atoms with E-state index in [2.05, 4.69) is 21.8 Å². The van der Waals surface area contributed by atoms with E-state index >= 15 is 0 Å². The Morgan fingerprint density at radius 3 is 2.45 bits per heavy atom. The molecule has 0 spiro atoms. The number of hydrogen-bond donors (Lipinski definition) is 1. The SMILES string of the molecule is C=C(NCCc1ccc(Cl)cc1)c1cnc(N2CCN(C)CC2)cc1C(F)(F)F. The molecule has 0 amide bonds. The molecule has 4 nitrogen and oxygen atoms in total. The first-order valence-electron chi connectivity index (χ1n) is 9.42. The van der Waals surface area contributed by atoms with E-state index in [1.54, 1.807) is 12.1 Å². The van der Waals surface area contributed by atoms with Gasteiger partial charge in [0.2, 0.25) is 0 Å². The van der Waals surface area contributed by atoms with Gasteiger partial charge in [-0.1, -0.05) is 30.3 Å². The van der Waals surface area contributed by atoms with Crippen molar-refractivity contribution in [3.05, 3.63) is 64.8 Å². The Labute approximate surface area is 174 Å². The minimum atomic E-state index is -4.49. The number of alkyl halides is 3. The molecular weight excluding hydrogens is 401 g/mol. The van der Waals surface area contributed by atoms with Crippen molar-refractivity contribution in [3.63, 3.8) is 0 Å². The summed E-state index contributed by atoms with van der Waals surface area (Å²) in [6.07, 6.45) is -2.57. The first-order chi connectivity index (χ1) is 13.7. The summed E-state index contributed by atoms with van der Waals surface area (Å²) in [4.78, 5) is 8.32. The molecule has 0 unspecified atom stereocenters. The van der Waals surface area contributed by atoms with E-state index in [9.17, 15) is 13.2 Å². The summed E-state index contributed by atoms with van der Waals surface area (Å²) < 4.78 is 41.1. The van der Waals surface area contributed by atoms with Crippen LogP contribution >= 0.6 is 11.6 Å². The van der Waals surface area contributed by atoms with Crippen molar-refractivity contribution in [1.29, 1.82) is 0 Å². The fourth-order valence-electron chi connectivity index (χ4n) is 3.23. The van der Waals surface area contributed by atoms with Gasteiger partial charge in [-0.2, -0.15) is 13.2 Å². The van der Waals surface area contributed by atoms with Gasteiger partial charge in [0.1, 0.15) is 5.82 Å². The number of aromatic nitrogens is 1. The predicted molar refractivity (Wildman–Crippen MR) is 111 cm³/mol. The van der Waals surface area contributed by atoms with Crippen LogP contribution in [-0.4, -0.2) is 49.7 Å². The van der Waals surface area contributed by atoms with Gasteiger partial charge in [-0.05, 0) is 37.2 Å². The van der Waals surface area contributed by atoms with E-state index in [4.69, 9.17) is 11.6 Å². The molecule has 0 atom stereocenters. The van der Waals surface area contributed by atoms with Gasteiger partial charge in [-0.15, -0.1) is 0 Å². The monoisotopic (exact) mass is 424 g/mol. The van der Waals surface area contributed by atoms with Crippen molar-refractivity contribution in [3.8, 4) is 0 Å². The molecule has 1 aliphatic rings. The highest BCUT2D eigenvalue weighted by atomic mass is 35.5. The number of nitrogens with one attached hydrogen (secondary N) is 1. The van der Waals surface area contributed by atoms with Gasteiger partial charge in [0, 0.05) is 55.2 Å². The largest absolute Gasteiger partial charge is 0.417 e. The van der Waals surface area contributed by atoms with E-state index in [1.165, 1.54) is 6.20 Å². The van der Waals surface area contributed by atoms with Crippen LogP contribution in [0.3, 0.4) is 0 Å². The summed E-state index contributed by atoms with van der Waals surface area (Å²) in [6, 6.07) is 8.48. The fraction of sp³-hybridized carbons (Fsp3) is 0.381. The van der Waals surface area contributed by atoms with E-state index in [0.29, 0.717) is 36.9 Å². The number of nitrogens with zero attached hydrogens (tertiary/aromatic N) is 3. The number of anilines is 1. The molecule has 2 aromatic rings. The fourth-order valence-corrected chi connectivity index (χ4v) is 3.36. The third-order valence-corrected chi connectivity index (χ3v) is 5.26. The van der Waals surface area contributed by atoms with Crippen molar-refractivity contribution in [2.24, 2.45) is 0 Å². The smallest absolute Gasteiger partial charge is 0.385 e. The molecule has 0 saturated carbocycles. The normalized spacial score (nSPS) is 15.4. The molecule has 0 aliphatic carbocycles. The van der Waals surface area contributed by atoms with Crippen molar-refractivity contribution in [1.82, 2.24) is 15.2 Å². The number of hydrogen-bond acceptors (Lipinski definition) is 4. The van der Waals surface area contributed by atoms with Crippen LogP contribution in [0, 0.1) is 0 Å². The highest BCUT2D eigenvalue weighted by Gasteiger charge is 2.35. The third-order valence-electron chi connectivity index (χ3n) is 5.01. The number of rotatable bonds is 6. The van der Waals surface area contributed by atoms with Crippen LogP contribution < -0.4 is 10.2 Å². The van der Waals surface area contributed by atoms with Gasteiger partial charge in [0.05, 0.1) is 5.56 Å². The molecule has 1 fully saturated rings. The summed E-state index contributed by atoms with van der Waals surface area (Å²) in [5, 5.41) is 3.64. The van der Waals surface area contributed by atoms with E-state index < -0.39 is 11.7 Å². The maximum absolute atomic E-state index is 13.7. The Morgan fingerprint density at radius 1 is 1.17 bits per heavy atom. The molecule has 156 valence electrons. The highest BCUT2D eigenvalue weighted by Crippen LogP contribution is 2.35. The van der Waals surface area contributed by atoms with Crippen LogP contribution in [0.1, 0.15) is 16.7 Å². The number of pyridine rings is 1. The molecule has 2 heterocycles. The Balaban J connectivity index is 1.71. The van der Waals surface area contributed by atoms with Crippen molar-refractivity contribution in [2.75, 3.05) is 44.7 Å². The number of halogens is 4. The van der Waals surface area contributed by atoms with Crippen LogP contribution in [0.4, 0.5) is 19.0 Å². The second-order valence-corrected chi connectivity index (χ2v) is 7.59. The van der Waals surface area contributed by atoms with Crippen molar-refractivity contribution >= 4 is 23.1 Å². The molecule has 1 aromatic carbocycles. The van der Waals surface area contributed by atoms with Gasteiger partial charge in [-0.3, -0.25) is 0 Å². The topological polar surface area (TPSA) is 31.4 Å². The standard InChI is InChI=1S/C21H24ClF3N4/c1-15(26-8-7-16-3-5-17(22)6-4-16)18-14-27-20(13-19(18)21(23,24)25)29-11-9-28(2)10-12-29/h3-6,13-14,26H,1,7-12H2,2H3. The molecular formula is C21H24ClF3N4. The first kappa shape index (κ1) is 21.5. The molecule has 1 aromatic heterocycles. The van der Waals surface area contributed by atoms with Crippen LogP contribution in [0.15, 0.2) is 43.1 Å². The maximum atomic E-state index is 13.7. The van der Waals surface area contributed by atoms with Gasteiger partial charge >= 0.3 is 6.18 Å². The average molecular weight is 425 g/mol. The van der Waals surface area contributed by atoms with Crippen LogP contribution in [0.25, 0.3) is 5.70 Å². The number of benzene rings is 1. The zero-order valence-corrected chi connectivity index (χ0v) is 17.0. The van der Waals surface area contributed by atoms with Crippen LogP contribution in [-0.2, 0) is 12.6 Å². The predicted octanol–water partition coefficient (Wildman–Crippen LogP) is 4.31. The molecule has 1 N–H and O–H groups in total. The quantitative estimate of drug-likeness (QED) is 0.748. The van der Waals surface area contributed by atoms with Crippen LogP contribution in [0.5, 0.6) is 0 Å². The van der Waals surface area contributed by atoms with Crippen molar-refractivity contribution in [2.45, 2.75) is 12.6 Å². The van der Waals surface area contributed by atoms with Crippen molar-refractivity contribution < 1.29 is 13.2 Å². The van der Waals surface area contributed by atoms with Gasteiger partial charge in [0.15, 0.2) is 0 Å². The van der Waals surface area contributed by atoms with E-state index in [1.807, 2.05) is 24.1 Å². The summed E-state index contributed by atoms with van der Waals surface area (Å²) in [6.45, 7) is 7.16. The summed E-state index contributed by atoms with van der Waals surface area (Å²) >= 11 is 5.86.